The Labute approximate surface area is 164 Å². The molecule has 2 aromatic heterocycles. The van der Waals surface area contributed by atoms with E-state index in [0.29, 0.717) is 6.54 Å². The summed E-state index contributed by atoms with van der Waals surface area (Å²) < 4.78 is 0. The largest absolute Gasteiger partial charge is 0.322 e. The zero-order chi connectivity index (χ0) is 19.3. The third kappa shape index (κ3) is 4.02. The third-order valence-corrected chi connectivity index (χ3v) is 5.10. The average molecular weight is 369 g/mol. The molecule has 0 aliphatic carbocycles. The van der Waals surface area contributed by atoms with Crippen LogP contribution in [-0.2, 0) is 13.1 Å². The van der Waals surface area contributed by atoms with E-state index in [9.17, 15) is 4.79 Å². The lowest BCUT2D eigenvalue weighted by molar-refractivity contribution is 0.188. The summed E-state index contributed by atoms with van der Waals surface area (Å²) in [4.78, 5) is 22.5. The smallest absolute Gasteiger partial charge is 0.252 e. The van der Waals surface area contributed by atoms with Crippen LogP contribution in [0.3, 0.4) is 0 Å². The van der Waals surface area contributed by atoms with Crippen molar-refractivity contribution in [3.63, 3.8) is 0 Å². The number of rotatable bonds is 6. The van der Waals surface area contributed by atoms with E-state index < -0.39 is 0 Å². The van der Waals surface area contributed by atoms with Crippen LogP contribution >= 0.6 is 0 Å². The highest BCUT2D eigenvalue weighted by Gasteiger charge is 2.19. The van der Waals surface area contributed by atoms with Crippen LogP contribution in [0.1, 0.15) is 29.8 Å². The number of nitrogens with zero attached hydrogens (tertiary/aromatic N) is 2. The first-order chi connectivity index (χ1) is 13.7. The van der Waals surface area contributed by atoms with Gasteiger partial charge in [0.05, 0.1) is 5.69 Å². The Bertz CT molecular complexity index is 1110. The third-order valence-electron chi connectivity index (χ3n) is 5.10. The monoisotopic (exact) mass is 369 g/mol. The molecule has 28 heavy (non-hydrogen) atoms. The molecule has 4 heteroatoms. The molecule has 0 saturated heterocycles. The summed E-state index contributed by atoms with van der Waals surface area (Å²) in [6.07, 6.45) is 1.81. The van der Waals surface area contributed by atoms with Crippen LogP contribution in [-0.4, -0.2) is 14.9 Å². The Morgan fingerprint density at radius 3 is 2.46 bits per heavy atom. The first kappa shape index (κ1) is 18.1. The Morgan fingerprint density at radius 1 is 0.929 bits per heavy atom. The molecule has 0 aliphatic heterocycles. The van der Waals surface area contributed by atoms with Crippen molar-refractivity contribution in [2.45, 2.75) is 26.1 Å². The minimum Gasteiger partial charge on any atom is -0.322 e. The second-order valence-electron chi connectivity index (χ2n) is 7.03. The van der Waals surface area contributed by atoms with Gasteiger partial charge in [0.2, 0.25) is 0 Å². The molecule has 1 N–H and O–H groups in total. The number of hydrogen-bond acceptors (Lipinski definition) is 3. The number of pyridine rings is 2. The van der Waals surface area contributed by atoms with E-state index in [4.69, 9.17) is 0 Å². The molecule has 0 aliphatic rings. The zero-order valence-electron chi connectivity index (χ0n) is 15.9. The van der Waals surface area contributed by atoms with Crippen LogP contribution in [0, 0.1) is 0 Å². The van der Waals surface area contributed by atoms with Gasteiger partial charge in [-0.15, -0.1) is 0 Å². The summed E-state index contributed by atoms with van der Waals surface area (Å²) in [5, 5.41) is 1.04. The van der Waals surface area contributed by atoms with Gasteiger partial charge < -0.3 is 4.98 Å². The van der Waals surface area contributed by atoms with Gasteiger partial charge in [0.1, 0.15) is 0 Å². The predicted molar refractivity (Wildman–Crippen MR) is 113 cm³/mol. The molecule has 0 saturated carbocycles. The van der Waals surface area contributed by atoms with Crippen LogP contribution in [0.5, 0.6) is 0 Å². The molecule has 0 radical (unpaired) electrons. The van der Waals surface area contributed by atoms with Crippen molar-refractivity contribution >= 4 is 10.9 Å². The first-order valence-electron chi connectivity index (χ1n) is 9.50. The molecule has 140 valence electrons. The number of nitrogens with one attached hydrogen (secondary N) is 1. The lowest BCUT2D eigenvalue weighted by Gasteiger charge is -2.29. The van der Waals surface area contributed by atoms with Crippen molar-refractivity contribution in [3.05, 3.63) is 112 Å². The van der Waals surface area contributed by atoms with Gasteiger partial charge in [0.25, 0.3) is 5.56 Å². The van der Waals surface area contributed by atoms with Crippen LogP contribution in [0.25, 0.3) is 10.9 Å². The maximum atomic E-state index is 12.7. The van der Waals surface area contributed by atoms with E-state index in [0.717, 1.165) is 28.7 Å². The molecule has 4 aromatic rings. The van der Waals surface area contributed by atoms with E-state index in [1.807, 2.05) is 72.9 Å². The van der Waals surface area contributed by atoms with E-state index in [1.54, 1.807) is 0 Å². The molecule has 0 fully saturated rings. The van der Waals surface area contributed by atoms with Crippen LogP contribution < -0.4 is 5.56 Å². The topological polar surface area (TPSA) is 49.0 Å². The number of aromatic nitrogens is 2. The standard InChI is InChI=1S/C24H23N3O/c1-18(22-12-7-8-14-25-22)27(16-19-9-3-2-4-10-19)17-21-15-20-11-5-6-13-23(20)26-24(21)28/h2-15,18H,16-17H2,1H3,(H,26,28)/t18-/m0/s1. The first-order valence-corrected chi connectivity index (χ1v) is 9.50. The Morgan fingerprint density at radius 2 is 1.68 bits per heavy atom. The molecule has 4 nitrogen and oxygen atoms in total. The minimum absolute atomic E-state index is 0.0371. The highest BCUT2D eigenvalue weighted by Crippen LogP contribution is 2.23. The van der Waals surface area contributed by atoms with Gasteiger partial charge in [-0.25, -0.2) is 0 Å². The summed E-state index contributed by atoms with van der Waals surface area (Å²) in [5.74, 6) is 0. The summed E-state index contributed by atoms with van der Waals surface area (Å²) in [6.45, 7) is 3.43. The summed E-state index contributed by atoms with van der Waals surface area (Å²) >= 11 is 0. The fraction of sp³-hybridized carbons (Fsp3) is 0.167. The summed E-state index contributed by atoms with van der Waals surface area (Å²) in [6, 6.07) is 26.2. The molecule has 1 atom stereocenters. The number of fused-ring (bicyclic) bond motifs is 1. The normalized spacial score (nSPS) is 12.4. The Balaban J connectivity index is 1.69. The van der Waals surface area contributed by atoms with Crippen LogP contribution in [0.2, 0.25) is 0 Å². The van der Waals surface area contributed by atoms with Crippen molar-refractivity contribution < 1.29 is 0 Å². The minimum atomic E-state index is -0.0371. The predicted octanol–water partition coefficient (Wildman–Crippen LogP) is 4.69. The second-order valence-corrected chi connectivity index (χ2v) is 7.03. The van der Waals surface area contributed by atoms with Gasteiger partial charge in [0.15, 0.2) is 0 Å². The number of benzene rings is 2. The van der Waals surface area contributed by atoms with Crippen molar-refractivity contribution in [3.8, 4) is 0 Å². The van der Waals surface area contributed by atoms with Gasteiger partial charge in [-0.1, -0.05) is 54.6 Å². The number of hydrogen-bond donors (Lipinski definition) is 1. The van der Waals surface area contributed by atoms with Gasteiger partial charge >= 0.3 is 0 Å². The highest BCUT2D eigenvalue weighted by molar-refractivity contribution is 5.78. The summed E-state index contributed by atoms with van der Waals surface area (Å²) in [7, 11) is 0. The number of aromatic amines is 1. The molecule has 4 rings (SSSR count). The maximum Gasteiger partial charge on any atom is 0.252 e. The van der Waals surface area contributed by atoms with Crippen LogP contribution in [0.15, 0.2) is 89.9 Å². The average Bonchev–Trinajstić information content (AvgIpc) is 2.74. The SMILES string of the molecule is C[C@@H](c1ccccn1)N(Cc1ccccc1)Cc1cc2ccccc2[nH]c1=O. The maximum absolute atomic E-state index is 12.7. The molecule has 2 heterocycles. The molecule has 2 aromatic carbocycles. The molecule has 0 unspecified atom stereocenters. The Hall–Kier alpha value is -3.24. The number of para-hydroxylation sites is 1. The van der Waals surface area contributed by atoms with E-state index >= 15 is 0 Å². The van der Waals surface area contributed by atoms with E-state index in [-0.39, 0.29) is 11.6 Å². The van der Waals surface area contributed by atoms with Crippen LogP contribution in [0.4, 0.5) is 0 Å². The lowest BCUT2D eigenvalue weighted by atomic mass is 10.1. The lowest BCUT2D eigenvalue weighted by Crippen LogP contribution is -2.29. The van der Waals surface area contributed by atoms with E-state index in [2.05, 4.69) is 33.9 Å². The highest BCUT2D eigenvalue weighted by atomic mass is 16.1. The Kier molecular flexibility index (Phi) is 5.31. The van der Waals surface area contributed by atoms with Gasteiger partial charge in [-0.3, -0.25) is 14.7 Å². The fourth-order valence-corrected chi connectivity index (χ4v) is 3.49. The molecular formula is C24H23N3O. The molecule has 0 bridgehead atoms. The van der Waals surface area contributed by atoms with Gasteiger partial charge in [0, 0.05) is 36.4 Å². The molecule has 0 spiro atoms. The second kappa shape index (κ2) is 8.19. The molecule has 0 amide bonds. The zero-order valence-corrected chi connectivity index (χ0v) is 15.9. The molecular weight excluding hydrogens is 346 g/mol. The summed E-state index contributed by atoms with van der Waals surface area (Å²) in [5.41, 5.74) is 3.80. The van der Waals surface area contributed by atoms with Crippen molar-refractivity contribution in [2.24, 2.45) is 0 Å². The van der Waals surface area contributed by atoms with E-state index in [1.165, 1.54) is 5.56 Å². The number of H-pyrrole nitrogens is 1. The van der Waals surface area contributed by atoms with Crippen molar-refractivity contribution in [1.29, 1.82) is 0 Å². The fourth-order valence-electron chi connectivity index (χ4n) is 3.49. The quantitative estimate of drug-likeness (QED) is 0.536. The van der Waals surface area contributed by atoms with Gasteiger partial charge in [-0.2, -0.15) is 0 Å². The van der Waals surface area contributed by atoms with Crippen molar-refractivity contribution in [1.82, 2.24) is 14.9 Å². The van der Waals surface area contributed by atoms with Crippen molar-refractivity contribution in [2.75, 3.05) is 0 Å². The van der Waals surface area contributed by atoms with Gasteiger partial charge in [-0.05, 0) is 42.1 Å².